The van der Waals surface area contributed by atoms with E-state index in [1.807, 2.05) is 32.8 Å². The third-order valence-electron chi connectivity index (χ3n) is 3.68. The SMILES string of the molecule is CC.CC1C(N(C)C(C)C)CCN1C(=O)N(C)C. The van der Waals surface area contributed by atoms with Gasteiger partial charge in [-0.15, -0.1) is 0 Å². The Morgan fingerprint density at radius 3 is 2.11 bits per heavy atom. The standard InChI is InChI=1S/C12H25N3O.C2H6/c1-9(2)14(6)11-7-8-15(10(11)3)12(16)13(4)5;1-2/h9-11H,7-8H2,1-6H3;1-2H3. The number of hydrogen-bond acceptors (Lipinski definition) is 2. The highest BCUT2D eigenvalue weighted by Gasteiger charge is 2.37. The Balaban J connectivity index is 0.00000137. The lowest BCUT2D eigenvalue weighted by Crippen LogP contribution is -2.48. The molecule has 0 bridgehead atoms. The van der Waals surface area contributed by atoms with E-state index >= 15 is 0 Å². The van der Waals surface area contributed by atoms with Crippen LogP contribution < -0.4 is 0 Å². The molecule has 0 aromatic carbocycles. The largest absolute Gasteiger partial charge is 0.331 e. The van der Waals surface area contributed by atoms with E-state index in [9.17, 15) is 4.79 Å². The minimum atomic E-state index is 0.132. The van der Waals surface area contributed by atoms with E-state index in [2.05, 4.69) is 32.7 Å². The van der Waals surface area contributed by atoms with Crippen molar-refractivity contribution in [1.82, 2.24) is 14.7 Å². The van der Waals surface area contributed by atoms with Gasteiger partial charge in [-0.1, -0.05) is 13.8 Å². The maximum atomic E-state index is 11.9. The number of nitrogens with zero attached hydrogens (tertiary/aromatic N) is 3. The van der Waals surface area contributed by atoms with Crippen molar-refractivity contribution in [1.29, 1.82) is 0 Å². The molecule has 4 nitrogen and oxygen atoms in total. The quantitative estimate of drug-likeness (QED) is 0.760. The molecule has 1 fully saturated rings. The number of amides is 2. The molecule has 2 unspecified atom stereocenters. The minimum Gasteiger partial charge on any atom is -0.331 e. The lowest BCUT2D eigenvalue weighted by Gasteiger charge is -2.34. The summed E-state index contributed by atoms with van der Waals surface area (Å²) in [5.41, 5.74) is 0. The number of carbonyl (C=O) groups excluding carboxylic acids is 1. The summed E-state index contributed by atoms with van der Waals surface area (Å²) in [7, 11) is 5.78. The van der Waals surface area contributed by atoms with Gasteiger partial charge in [-0.25, -0.2) is 4.79 Å². The predicted octanol–water partition coefficient (Wildman–Crippen LogP) is 2.50. The first-order chi connectivity index (χ1) is 8.36. The molecule has 1 aliphatic heterocycles. The average Bonchev–Trinajstić information content (AvgIpc) is 2.71. The third-order valence-corrected chi connectivity index (χ3v) is 3.68. The van der Waals surface area contributed by atoms with Crippen LogP contribution in [-0.4, -0.2) is 66.5 Å². The molecular weight excluding hydrogens is 226 g/mol. The van der Waals surface area contributed by atoms with Crippen molar-refractivity contribution in [2.24, 2.45) is 0 Å². The number of hydrogen-bond donors (Lipinski definition) is 0. The molecule has 2 amide bonds. The van der Waals surface area contributed by atoms with E-state index in [1.54, 1.807) is 4.90 Å². The summed E-state index contributed by atoms with van der Waals surface area (Å²) in [5, 5.41) is 0. The molecule has 0 aliphatic carbocycles. The summed E-state index contributed by atoms with van der Waals surface area (Å²) in [6.45, 7) is 11.4. The summed E-state index contributed by atoms with van der Waals surface area (Å²) in [6.07, 6.45) is 1.08. The molecule has 0 aromatic rings. The van der Waals surface area contributed by atoms with Crippen molar-refractivity contribution in [3.8, 4) is 0 Å². The number of rotatable bonds is 2. The molecule has 0 radical (unpaired) electrons. The van der Waals surface area contributed by atoms with Crippen molar-refractivity contribution >= 4 is 6.03 Å². The highest BCUT2D eigenvalue weighted by atomic mass is 16.2. The fourth-order valence-electron chi connectivity index (χ4n) is 2.38. The number of urea groups is 1. The van der Waals surface area contributed by atoms with Crippen LogP contribution in [0.3, 0.4) is 0 Å². The zero-order chi connectivity index (χ0) is 14.5. The Morgan fingerprint density at radius 2 is 1.72 bits per heavy atom. The maximum Gasteiger partial charge on any atom is 0.319 e. The summed E-state index contributed by atoms with van der Waals surface area (Å²) >= 11 is 0. The summed E-state index contributed by atoms with van der Waals surface area (Å²) in [5.74, 6) is 0. The fraction of sp³-hybridized carbons (Fsp3) is 0.929. The van der Waals surface area contributed by atoms with Crippen molar-refractivity contribution in [3.63, 3.8) is 0 Å². The van der Waals surface area contributed by atoms with Gasteiger partial charge in [0.15, 0.2) is 0 Å². The maximum absolute atomic E-state index is 11.9. The van der Waals surface area contributed by atoms with Gasteiger partial charge in [0, 0.05) is 38.8 Å². The molecule has 0 spiro atoms. The molecule has 2 atom stereocenters. The summed E-state index contributed by atoms with van der Waals surface area (Å²) in [4.78, 5) is 17.9. The number of likely N-dealkylation sites (N-methyl/N-ethyl adjacent to an activating group) is 1. The monoisotopic (exact) mass is 257 g/mol. The van der Waals surface area contributed by atoms with Crippen LogP contribution in [0.25, 0.3) is 0 Å². The van der Waals surface area contributed by atoms with Gasteiger partial charge in [-0.2, -0.15) is 0 Å². The van der Waals surface area contributed by atoms with Gasteiger partial charge in [0.25, 0.3) is 0 Å². The molecule has 1 aliphatic rings. The smallest absolute Gasteiger partial charge is 0.319 e. The highest BCUT2D eigenvalue weighted by molar-refractivity contribution is 5.74. The highest BCUT2D eigenvalue weighted by Crippen LogP contribution is 2.24. The van der Waals surface area contributed by atoms with E-state index in [1.165, 1.54) is 0 Å². The van der Waals surface area contributed by atoms with Crippen LogP contribution in [0.5, 0.6) is 0 Å². The lowest BCUT2D eigenvalue weighted by atomic mass is 10.1. The van der Waals surface area contributed by atoms with Crippen molar-refractivity contribution < 1.29 is 4.79 Å². The number of likely N-dealkylation sites (tertiary alicyclic amines) is 1. The Hall–Kier alpha value is -0.770. The molecule has 1 rings (SSSR count). The Bertz CT molecular complexity index is 253. The van der Waals surface area contributed by atoms with Crippen LogP contribution in [-0.2, 0) is 0 Å². The molecule has 1 saturated heterocycles. The van der Waals surface area contributed by atoms with Crippen LogP contribution in [0.4, 0.5) is 4.79 Å². The Morgan fingerprint density at radius 1 is 1.22 bits per heavy atom. The van der Waals surface area contributed by atoms with Crippen molar-refractivity contribution in [2.75, 3.05) is 27.7 Å². The predicted molar refractivity (Wildman–Crippen MR) is 77.9 cm³/mol. The van der Waals surface area contributed by atoms with Crippen LogP contribution in [0.1, 0.15) is 41.0 Å². The number of carbonyl (C=O) groups is 1. The Kier molecular flexibility index (Phi) is 7.29. The van der Waals surface area contributed by atoms with Gasteiger partial charge in [-0.3, -0.25) is 4.90 Å². The Labute approximate surface area is 113 Å². The summed E-state index contributed by atoms with van der Waals surface area (Å²) < 4.78 is 0. The topological polar surface area (TPSA) is 26.8 Å². The molecule has 108 valence electrons. The van der Waals surface area contributed by atoms with Crippen molar-refractivity contribution in [2.45, 2.75) is 59.2 Å². The van der Waals surface area contributed by atoms with Crippen LogP contribution in [0, 0.1) is 0 Å². The molecular formula is C14H31N3O. The van der Waals surface area contributed by atoms with E-state index in [0.29, 0.717) is 18.1 Å². The second kappa shape index (κ2) is 7.62. The van der Waals surface area contributed by atoms with Crippen molar-refractivity contribution in [3.05, 3.63) is 0 Å². The van der Waals surface area contributed by atoms with E-state index < -0.39 is 0 Å². The van der Waals surface area contributed by atoms with E-state index in [0.717, 1.165) is 13.0 Å². The molecule has 4 heteroatoms. The molecule has 0 aromatic heterocycles. The lowest BCUT2D eigenvalue weighted by molar-refractivity contribution is 0.137. The van der Waals surface area contributed by atoms with Crippen LogP contribution >= 0.6 is 0 Å². The van der Waals surface area contributed by atoms with Crippen LogP contribution in [0.2, 0.25) is 0 Å². The van der Waals surface area contributed by atoms with E-state index in [-0.39, 0.29) is 6.03 Å². The first-order valence-corrected chi connectivity index (χ1v) is 7.06. The second-order valence-corrected chi connectivity index (χ2v) is 5.23. The second-order valence-electron chi connectivity index (χ2n) is 5.23. The average molecular weight is 257 g/mol. The molecule has 0 saturated carbocycles. The van der Waals surface area contributed by atoms with Gasteiger partial charge in [0.1, 0.15) is 0 Å². The van der Waals surface area contributed by atoms with Gasteiger partial charge in [-0.05, 0) is 34.2 Å². The minimum absolute atomic E-state index is 0.132. The van der Waals surface area contributed by atoms with Gasteiger partial charge >= 0.3 is 6.03 Å². The molecule has 0 N–H and O–H groups in total. The first kappa shape index (κ1) is 17.2. The normalized spacial score (nSPS) is 23.1. The fourth-order valence-corrected chi connectivity index (χ4v) is 2.38. The van der Waals surface area contributed by atoms with Gasteiger partial charge in [0.2, 0.25) is 0 Å². The third kappa shape index (κ3) is 3.87. The zero-order valence-electron chi connectivity index (χ0n) is 13.4. The van der Waals surface area contributed by atoms with Gasteiger partial charge < -0.3 is 9.80 Å². The van der Waals surface area contributed by atoms with Gasteiger partial charge in [0.05, 0.1) is 0 Å². The van der Waals surface area contributed by atoms with Crippen LogP contribution in [0.15, 0.2) is 0 Å². The first-order valence-electron chi connectivity index (χ1n) is 7.06. The molecule has 1 heterocycles. The van der Waals surface area contributed by atoms with E-state index in [4.69, 9.17) is 0 Å². The zero-order valence-corrected chi connectivity index (χ0v) is 13.4. The summed E-state index contributed by atoms with van der Waals surface area (Å²) in [6, 6.07) is 1.46. The molecule has 18 heavy (non-hydrogen) atoms.